The number of rotatable bonds is 10. The van der Waals surface area contributed by atoms with Crippen LogP contribution in [-0.2, 0) is 11.2 Å². The average molecular weight is 424 g/mol. The van der Waals surface area contributed by atoms with Crippen LogP contribution in [0.15, 0.2) is 27.8 Å². The van der Waals surface area contributed by atoms with E-state index in [0.29, 0.717) is 0 Å². The summed E-state index contributed by atoms with van der Waals surface area (Å²) < 4.78 is 10.4. The lowest BCUT2D eigenvalue weighted by Crippen LogP contribution is -2.39. The highest BCUT2D eigenvalue weighted by Crippen LogP contribution is 1.99. The van der Waals surface area contributed by atoms with E-state index >= 15 is 0 Å². The van der Waals surface area contributed by atoms with Gasteiger partial charge in [-0.2, -0.15) is 0 Å². The van der Waals surface area contributed by atoms with E-state index in [-0.39, 0.29) is 24.0 Å². The number of methoxy groups -OCH3 is 1. The number of aliphatic imine (C=N–C) groups is 1. The van der Waals surface area contributed by atoms with Crippen LogP contribution in [0.25, 0.3) is 0 Å². The van der Waals surface area contributed by atoms with Gasteiger partial charge in [-0.25, -0.2) is 0 Å². The third-order valence-corrected chi connectivity index (χ3v) is 3.02. The lowest BCUT2D eigenvalue weighted by atomic mass is 10.3. The molecule has 1 heterocycles. The summed E-state index contributed by atoms with van der Waals surface area (Å²) in [6, 6.07) is 3.89. The minimum Gasteiger partial charge on any atom is -0.469 e. The third kappa shape index (κ3) is 10.0. The second kappa shape index (κ2) is 13.8. The van der Waals surface area contributed by atoms with Gasteiger partial charge >= 0.3 is 0 Å². The Bertz CT molecular complexity index is 385. The van der Waals surface area contributed by atoms with E-state index in [9.17, 15) is 0 Å². The first kappa shape index (κ1) is 21.2. The average Bonchev–Trinajstić information content (AvgIpc) is 2.98. The maximum Gasteiger partial charge on any atom is 0.191 e. The van der Waals surface area contributed by atoms with E-state index in [0.717, 1.165) is 57.5 Å². The molecule has 22 heavy (non-hydrogen) atoms. The van der Waals surface area contributed by atoms with Crippen LogP contribution in [0.1, 0.15) is 12.7 Å². The highest BCUT2D eigenvalue weighted by molar-refractivity contribution is 14.0. The number of nitrogens with zero attached hydrogens (tertiary/aromatic N) is 2. The SMILES string of the molecule is CCNC(=NCCN(C)CCOC)NCCc1ccco1.I. The Labute approximate surface area is 150 Å². The number of ether oxygens (including phenoxy) is 1. The number of hydrogen-bond acceptors (Lipinski definition) is 4. The van der Waals surface area contributed by atoms with Crippen molar-refractivity contribution in [3.63, 3.8) is 0 Å². The van der Waals surface area contributed by atoms with Crippen LogP contribution >= 0.6 is 24.0 Å². The normalized spacial score (nSPS) is 11.4. The second-order valence-electron chi connectivity index (χ2n) is 4.81. The summed E-state index contributed by atoms with van der Waals surface area (Å²) in [5.74, 6) is 1.84. The number of guanidine groups is 1. The van der Waals surface area contributed by atoms with Crippen molar-refractivity contribution in [2.24, 2.45) is 4.99 Å². The minimum absolute atomic E-state index is 0. The predicted molar refractivity (Wildman–Crippen MR) is 101 cm³/mol. The Balaban J connectivity index is 0.00000441. The summed E-state index contributed by atoms with van der Waals surface area (Å²) in [5.41, 5.74) is 0. The summed E-state index contributed by atoms with van der Waals surface area (Å²) in [7, 11) is 3.80. The van der Waals surface area contributed by atoms with Crippen molar-refractivity contribution < 1.29 is 9.15 Å². The summed E-state index contributed by atoms with van der Waals surface area (Å²) in [6.07, 6.45) is 2.55. The third-order valence-electron chi connectivity index (χ3n) is 3.02. The van der Waals surface area contributed by atoms with Gasteiger partial charge in [0.2, 0.25) is 0 Å². The molecule has 7 heteroatoms. The Morgan fingerprint density at radius 1 is 1.36 bits per heavy atom. The molecule has 0 amide bonds. The van der Waals surface area contributed by atoms with Crippen molar-refractivity contribution >= 4 is 29.9 Å². The van der Waals surface area contributed by atoms with Gasteiger partial charge < -0.3 is 24.7 Å². The smallest absolute Gasteiger partial charge is 0.191 e. The van der Waals surface area contributed by atoms with Crippen LogP contribution in [-0.4, -0.2) is 64.3 Å². The molecule has 0 aromatic carbocycles. The molecule has 0 atom stereocenters. The van der Waals surface area contributed by atoms with Gasteiger partial charge in [-0.3, -0.25) is 4.99 Å². The van der Waals surface area contributed by atoms with Crippen molar-refractivity contribution in [1.82, 2.24) is 15.5 Å². The van der Waals surface area contributed by atoms with Crippen LogP contribution in [0, 0.1) is 0 Å². The van der Waals surface area contributed by atoms with Crippen molar-refractivity contribution in [2.45, 2.75) is 13.3 Å². The van der Waals surface area contributed by atoms with E-state index in [2.05, 4.69) is 34.5 Å². The molecular weight excluding hydrogens is 395 g/mol. The standard InChI is InChI=1S/C15H28N4O2.HI/c1-4-16-15(17-8-7-14-6-5-12-21-14)18-9-10-19(2)11-13-20-3;/h5-6,12H,4,7-11,13H2,1-3H3,(H2,16,17,18);1H. The maximum absolute atomic E-state index is 5.31. The molecule has 1 aromatic heterocycles. The minimum atomic E-state index is 0. The molecule has 0 radical (unpaired) electrons. The molecule has 2 N–H and O–H groups in total. The molecule has 0 saturated heterocycles. The first-order valence-corrected chi connectivity index (χ1v) is 7.48. The van der Waals surface area contributed by atoms with Gasteiger partial charge in [-0.15, -0.1) is 24.0 Å². The zero-order valence-corrected chi connectivity index (χ0v) is 16.1. The van der Waals surface area contributed by atoms with Gasteiger partial charge in [0.05, 0.1) is 19.4 Å². The Hall–Kier alpha value is -0.800. The molecule has 0 aliphatic rings. The molecule has 0 spiro atoms. The Morgan fingerprint density at radius 2 is 2.18 bits per heavy atom. The van der Waals surface area contributed by atoms with E-state index in [4.69, 9.17) is 9.15 Å². The Kier molecular flexibility index (Phi) is 13.3. The first-order chi connectivity index (χ1) is 10.3. The molecular formula is C15H29IN4O2. The van der Waals surface area contributed by atoms with Crippen molar-refractivity contribution in [3.8, 4) is 0 Å². The zero-order chi connectivity index (χ0) is 15.3. The molecule has 128 valence electrons. The summed E-state index contributed by atoms with van der Waals surface area (Å²) in [4.78, 5) is 6.77. The van der Waals surface area contributed by atoms with Gasteiger partial charge in [0, 0.05) is 39.7 Å². The number of likely N-dealkylation sites (N-methyl/N-ethyl adjacent to an activating group) is 1. The quantitative estimate of drug-likeness (QED) is 0.339. The van der Waals surface area contributed by atoms with Crippen LogP contribution in [0.5, 0.6) is 0 Å². The lowest BCUT2D eigenvalue weighted by Gasteiger charge is -2.15. The highest BCUT2D eigenvalue weighted by Gasteiger charge is 2.00. The van der Waals surface area contributed by atoms with Gasteiger partial charge in [-0.1, -0.05) is 0 Å². The van der Waals surface area contributed by atoms with E-state index in [1.54, 1.807) is 13.4 Å². The number of hydrogen-bond donors (Lipinski definition) is 2. The molecule has 6 nitrogen and oxygen atoms in total. The predicted octanol–water partition coefficient (Wildman–Crippen LogP) is 1.57. The Morgan fingerprint density at radius 3 is 2.82 bits per heavy atom. The van der Waals surface area contributed by atoms with E-state index in [1.807, 2.05) is 12.1 Å². The molecule has 1 aromatic rings. The molecule has 0 bridgehead atoms. The second-order valence-corrected chi connectivity index (χ2v) is 4.81. The van der Waals surface area contributed by atoms with Crippen LogP contribution in [0.4, 0.5) is 0 Å². The van der Waals surface area contributed by atoms with Gasteiger partial charge in [0.25, 0.3) is 0 Å². The van der Waals surface area contributed by atoms with Crippen LogP contribution < -0.4 is 10.6 Å². The molecule has 0 aliphatic carbocycles. The summed E-state index contributed by atoms with van der Waals surface area (Å²) >= 11 is 0. The van der Waals surface area contributed by atoms with Crippen molar-refractivity contribution in [2.75, 3.05) is 53.5 Å². The molecule has 0 unspecified atom stereocenters. The fourth-order valence-electron chi connectivity index (χ4n) is 1.79. The van der Waals surface area contributed by atoms with Crippen LogP contribution in [0.3, 0.4) is 0 Å². The van der Waals surface area contributed by atoms with Gasteiger partial charge in [0.1, 0.15) is 5.76 Å². The first-order valence-electron chi connectivity index (χ1n) is 7.48. The zero-order valence-electron chi connectivity index (χ0n) is 13.8. The van der Waals surface area contributed by atoms with Gasteiger partial charge in [0.15, 0.2) is 5.96 Å². The number of furan rings is 1. The highest BCUT2D eigenvalue weighted by atomic mass is 127. The molecule has 0 saturated carbocycles. The summed E-state index contributed by atoms with van der Waals surface area (Å²) in [5, 5.41) is 6.56. The monoisotopic (exact) mass is 424 g/mol. The molecule has 0 aliphatic heterocycles. The fraction of sp³-hybridized carbons (Fsp3) is 0.667. The maximum atomic E-state index is 5.31. The largest absolute Gasteiger partial charge is 0.469 e. The fourth-order valence-corrected chi connectivity index (χ4v) is 1.79. The van der Waals surface area contributed by atoms with E-state index in [1.165, 1.54) is 0 Å². The topological polar surface area (TPSA) is 62.0 Å². The summed E-state index contributed by atoms with van der Waals surface area (Å²) in [6.45, 7) is 7.07. The number of nitrogens with one attached hydrogen (secondary N) is 2. The van der Waals surface area contributed by atoms with E-state index < -0.39 is 0 Å². The molecule has 1 rings (SSSR count). The van der Waals surface area contributed by atoms with Crippen LogP contribution in [0.2, 0.25) is 0 Å². The van der Waals surface area contributed by atoms with Crippen molar-refractivity contribution in [1.29, 1.82) is 0 Å². The van der Waals surface area contributed by atoms with Gasteiger partial charge in [-0.05, 0) is 26.1 Å². The number of halogens is 1. The van der Waals surface area contributed by atoms with Crippen molar-refractivity contribution in [3.05, 3.63) is 24.2 Å². The lowest BCUT2D eigenvalue weighted by molar-refractivity contribution is 0.163. The molecule has 0 fully saturated rings.